The van der Waals surface area contributed by atoms with E-state index in [1.165, 1.54) is 6.07 Å². The lowest BCUT2D eigenvalue weighted by molar-refractivity contribution is -0.0716. The summed E-state index contributed by atoms with van der Waals surface area (Å²) in [6.07, 6.45) is 0. The second-order valence-electron chi connectivity index (χ2n) is 4.71. The second kappa shape index (κ2) is 6.65. The molecule has 2 aromatic rings. The fourth-order valence-electron chi connectivity index (χ4n) is 1.93. The Balaban J connectivity index is 2.17. The van der Waals surface area contributed by atoms with E-state index in [-0.39, 0.29) is 12.2 Å². The third kappa shape index (κ3) is 3.77. The molecule has 0 aliphatic carbocycles. The molecule has 5 heteroatoms. The Bertz CT molecular complexity index is 575. The highest BCUT2D eigenvalue weighted by molar-refractivity contribution is 5.37. The number of aliphatic hydroxyl groups excluding tert-OH is 1. The van der Waals surface area contributed by atoms with Crippen molar-refractivity contribution in [2.75, 3.05) is 6.61 Å². The highest BCUT2D eigenvalue weighted by Crippen LogP contribution is 2.34. The summed E-state index contributed by atoms with van der Waals surface area (Å²) in [5.74, 6) is -3.10. The number of hydrogen-bond donors (Lipinski definition) is 2. The van der Waals surface area contributed by atoms with Gasteiger partial charge in [0.25, 0.3) is 5.92 Å². The summed E-state index contributed by atoms with van der Waals surface area (Å²) in [4.78, 5) is 0. The van der Waals surface area contributed by atoms with Crippen molar-refractivity contribution in [3.8, 4) is 5.75 Å². The molecule has 2 aromatic carbocycles. The molecule has 0 aromatic heterocycles. The van der Waals surface area contributed by atoms with E-state index >= 15 is 0 Å². The van der Waals surface area contributed by atoms with E-state index in [2.05, 4.69) is 0 Å². The van der Waals surface area contributed by atoms with Crippen LogP contribution in [0.25, 0.3) is 0 Å². The number of aliphatic hydroxyl groups is 1. The summed E-state index contributed by atoms with van der Waals surface area (Å²) >= 11 is 0. The number of benzene rings is 2. The van der Waals surface area contributed by atoms with E-state index in [0.29, 0.717) is 5.75 Å². The second-order valence-corrected chi connectivity index (χ2v) is 4.71. The van der Waals surface area contributed by atoms with E-state index in [0.717, 1.165) is 5.56 Å². The molecule has 0 amide bonds. The van der Waals surface area contributed by atoms with Gasteiger partial charge in [-0.15, -0.1) is 0 Å². The first-order valence-corrected chi connectivity index (χ1v) is 6.54. The molecule has 0 fully saturated rings. The summed E-state index contributed by atoms with van der Waals surface area (Å²) < 4.78 is 32.7. The fraction of sp³-hybridized carbons (Fsp3) is 0.250. The highest BCUT2D eigenvalue weighted by Gasteiger charge is 2.38. The third-order valence-electron chi connectivity index (χ3n) is 3.16. The van der Waals surface area contributed by atoms with E-state index in [1.54, 1.807) is 18.2 Å². The van der Waals surface area contributed by atoms with Crippen LogP contribution in [0.4, 0.5) is 8.78 Å². The van der Waals surface area contributed by atoms with Crippen LogP contribution in [0, 0.1) is 0 Å². The molecule has 0 saturated heterocycles. The number of hydrogen-bond acceptors (Lipinski definition) is 3. The first-order valence-electron chi connectivity index (χ1n) is 6.54. The van der Waals surface area contributed by atoms with Crippen LogP contribution >= 0.6 is 0 Å². The van der Waals surface area contributed by atoms with Gasteiger partial charge in [-0.25, -0.2) is 8.78 Å². The molecular weight excluding hydrogens is 276 g/mol. The van der Waals surface area contributed by atoms with Gasteiger partial charge >= 0.3 is 0 Å². The lowest BCUT2D eigenvalue weighted by Crippen LogP contribution is -2.36. The Labute approximate surface area is 122 Å². The van der Waals surface area contributed by atoms with E-state index in [9.17, 15) is 8.78 Å². The van der Waals surface area contributed by atoms with Gasteiger partial charge in [-0.3, -0.25) is 0 Å². The SMILES string of the molecule is N[C@@H](c1ccccc1OCc1ccccc1)C(F)(F)CO. The van der Waals surface area contributed by atoms with Crippen LogP contribution < -0.4 is 10.5 Å². The van der Waals surface area contributed by atoms with Gasteiger partial charge in [-0.1, -0.05) is 48.5 Å². The standard InChI is InChI=1S/C16H17F2NO2/c17-16(18,11-20)15(19)13-8-4-5-9-14(13)21-10-12-6-2-1-3-7-12/h1-9,15,20H,10-11,19H2/t15-/m0/s1. The van der Waals surface area contributed by atoms with Gasteiger partial charge in [0.2, 0.25) is 0 Å². The molecule has 112 valence electrons. The van der Waals surface area contributed by atoms with Crippen molar-refractivity contribution in [1.29, 1.82) is 0 Å². The fourth-order valence-corrected chi connectivity index (χ4v) is 1.93. The predicted octanol–water partition coefficient (Wildman–Crippen LogP) is 2.89. The predicted molar refractivity (Wildman–Crippen MR) is 76.2 cm³/mol. The average molecular weight is 293 g/mol. The van der Waals surface area contributed by atoms with E-state index in [4.69, 9.17) is 15.6 Å². The lowest BCUT2D eigenvalue weighted by Gasteiger charge is -2.23. The lowest BCUT2D eigenvalue weighted by atomic mass is 10.0. The number of nitrogens with two attached hydrogens (primary N) is 1. The minimum Gasteiger partial charge on any atom is -0.489 e. The van der Waals surface area contributed by atoms with Crippen LogP contribution in [0.15, 0.2) is 54.6 Å². The van der Waals surface area contributed by atoms with E-state index in [1.807, 2.05) is 30.3 Å². The van der Waals surface area contributed by atoms with Crippen molar-refractivity contribution < 1.29 is 18.6 Å². The number of alkyl halides is 2. The zero-order valence-corrected chi connectivity index (χ0v) is 11.4. The molecule has 0 bridgehead atoms. The van der Waals surface area contributed by atoms with E-state index < -0.39 is 18.6 Å². The van der Waals surface area contributed by atoms with Gasteiger partial charge < -0.3 is 15.6 Å². The zero-order chi connectivity index (χ0) is 15.3. The maximum absolute atomic E-state index is 13.5. The molecule has 0 saturated carbocycles. The quantitative estimate of drug-likeness (QED) is 0.861. The summed E-state index contributed by atoms with van der Waals surface area (Å²) in [5.41, 5.74) is 6.66. The van der Waals surface area contributed by atoms with Crippen molar-refractivity contribution in [3.05, 3.63) is 65.7 Å². The molecule has 0 aliphatic rings. The molecule has 1 atom stereocenters. The average Bonchev–Trinajstić information content (AvgIpc) is 2.53. The Kier molecular flexibility index (Phi) is 4.88. The Morgan fingerprint density at radius 2 is 1.67 bits per heavy atom. The topological polar surface area (TPSA) is 55.5 Å². The Hall–Kier alpha value is -1.98. The molecule has 0 aliphatic heterocycles. The summed E-state index contributed by atoms with van der Waals surface area (Å²) in [6.45, 7) is -1.05. The van der Waals surface area contributed by atoms with Crippen molar-refractivity contribution >= 4 is 0 Å². The number of para-hydroxylation sites is 1. The molecule has 21 heavy (non-hydrogen) atoms. The third-order valence-corrected chi connectivity index (χ3v) is 3.16. The summed E-state index contributed by atoms with van der Waals surface area (Å²) in [7, 11) is 0. The maximum atomic E-state index is 13.5. The van der Waals surface area contributed by atoms with Crippen LogP contribution in [0.3, 0.4) is 0 Å². The van der Waals surface area contributed by atoms with Gasteiger partial charge in [0.1, 0.15) is 25.0 Å². The maximum Gasteiger partial charge on any atom is 0.289 e. The largest absolute Gasteiger partial charge is 0.489 e. The number of rotatable bonds is 6. The van der Waals surface area contributed by atoms with Crippen LogP contribution in [0.5, 0.6) is 5.75 Å². The van der Waals surface area contributed by atoms with Crippen molar-refractivity contribution in [2.45, 2.75) is 18.6 Å². The molecule has 0 radical (unpaired) electrons. The summed E-state index contributed by atoms with van der Waals surface area (Å²) in [5, 5.41) is 8.75. The molecular formula is C16H17F2NO2. The van der Waals surface area contributed by atoms with Crippen LogP contribution in [-0.4, -0.2) is 17.6 Å². The molecule has 0 spiro atoms. The smallest absolute Gasteiger partial charge is 0.289 e. The minimum absolute atomic E-state index is 0.174. The molecule has 2 rings (SSSR count). The van der Waals surface area contributed by atoms with Crippen LogP contribution in [0.1, 0.15) is 17.2 Å². The number of ether oxygens (including phenoxy) is 1. The van der Waals surface area contributed by atoms with Gasteiger partial charge in [-0.05, 0) is 11.6 Å². The Morgan fingerprint density at radius 3 is 2.33 bits per heavy atom. The minimum atomic E-state index is -3.40. The van der Waals surface area contributed by atoms with Crippen LogP contribution in [-0.2, 0) is 6.61 Å². The first-order chi connectivity index (χ1) is 10.0. The zero-order valence-electron chi connectivity index (χ0n) is 11.4. The van der Waals surface area contributed by atoms with Crippen molar-refractivity contribution in [2.24, 2.45) is 5.73 Å². The van der Waals surface area contributed by atoms with Gasteiger partial charge in [-0.2, -0.15) is 0 Å². The van der Waals surface area contributed by atoms with Gasteiger partial charge in [0.05, 0.1) is 0 Å². The summed E-state index contributed by atoms with van der Waals surface area (Å²) in [6, 6.07) is 14.1. The monoisotopic (exact) mass is 293 g/mol. The van der Waals surface area contributed by atoms with Crippen molar-refractivity contribution in [1.82, 2.24) is 0 Å². The van der Waals surface area contributed by atoms with Crippen molar-refractivity contribution in [3.63, 3.8) is 0 Å². The molecule has 0 heterocycles. The molecule has 0 unspecified atom stereocenters. The van der Waals surface area contributed by atoms with Gasteiger partial charge in [0, 0.05) is 5.56 Å². The molecule has 3 N–H and O–H groups in total. The highest BCUT2D eigenvalue weighted by atomic mass is 19.3. The normalized spacial score (nSPS) is 13.0. The number of halogens is 2. The molecule has 3 nitrogen and oxygen atoms in total. The van der Waals surface area contributed by atoms with Gasteiger partial charge in [0.15, 0.2) is 0 Å². The Morgan fingerprint density at radius 1 is 1.05 bits per heavy atom. The van der Waals surface area contributed by atoms with Crippen LogP contribution in [0.2, 0.25) is 0 Å². The first kappa shape index (κ1) is 15.4.